The lowest BCUT2D eigenvalue weighted by Crippen LogP contribution is -2.35. The van der Waals surface area contributed by atoms with Crippen LogP contribution < -0.4 is 0 Å². The second-order valence-corrected chi connectivity index (χ2v) is 7.39. The first-order valence-corrected chi connectivity index (χ1v) is 9.27. The van der Waals surface area contributed by atoms with Gasteiger partial charge in [-0.25, -0.2) is 4.79 Å². The molecule has 0 radical (unpaired) electrons. The van der Waals surface area contributed by atoms with Gasteiger partial charge in [0.05, 0.1) is 18.2 Å². The number of phenols is 1. The van der Waals surface area contributed by atoms with E-state index in [0.717, 1.165) is 22.2 Å². The largest absolute Gasteiger partial charge is 0.507 e. The number of fused-ring (bicyclic) bond motifs is 3. The van der Waals surface area contributed by atoms with E-state index in [0.29, 0.717) is 29.5 Å². The summed E-state index contributed by atoms with van der Waals surface area (Å²) < 4.78 is 5.51. The lowest BCUT2D eigenvalue weighted by Gasteiger charge is -2.27. The molecule has 0 aliphatic carbocycles. The first-order chi connectivity index (χ1) is 13.0. The minimum Gasteiger partial charge on any atom is -0.507 e. The van der Waals surface area contributed by atoms with E-state index in [2.05, 4.69) is 20.9 Å². The third kappa shape index (κ3) is 3.08. The van der Waals surface area contributed by atoms with Crippen molar-refractivity contribution >= 4 is 38.7 Å². The molecule has 0 unspecified atom stereocenters. The Morgan fingerprint density at radius 1 is 1.22 bits per heavy atom. The summed E-state index contributed by atoms with van der Waals surface area (Å²) in [6, 6.07) is 10.2. The summed E-state index contributed by atoms with van der Waals surface area (Å²) in [6.07, 6.45) is 0.681. The number of nitrogens with one attached hydrogen (secondary N) is 1. The number of carbonyl (C=O) groups excluding carboxylic acids is 2. The number of hydrogen-bond acceptors (Lipinski definition) is 4. The second-order valence-electron chi connectivity index (χ2n) is 6.47. The molecule has 1 amide bonds. The van der Waals surface area contributed by atoms with Crippen molar-refractivity contribution in [2.24, 2.45) is 0 Å². The minimum atomic E-state index is -0.393. The van der Waals surface area contributed by atoms with Crippen LogP contribution in [0.3, 0.4) is 0 Å². The number of hydrogen-bond donors (Lipinski definition) is 2. The fourth-order valence-corrected chi connectivity index (χ4v) is 3.84. The van der Waals surface area contributed by atoms with Crippen LogP contribution >= 0.6 is 15.9 Å². The first kappa shape index (κ1) is 17.6. The summed E-state index contributed by atoms with van der Waals surface area (Å²) in [5, 5.41) is 11.0. The number of ether oxygens (including phenoxy) is 1. The van der Waals surface area contributed by atoms with Crippen molar-refractivity contribution < 1.29 is 19.4 Å². The van der Waals surface area contributed by atoms with Gasteiger partial charge < -0.3 is 19.7 Å². The number of halogens is 1. The SMILES string of the molecule is COC(=O)c1ccc2[nH]c3c(c2c1)CN(C(=O)c1ccc(Br)cc1O)CC3. The highest BCUT2D eigenvalue weighted by Crippen LogP contribution is 2.31. The Kier molecular flexibility index (Phi) is 4.39. The van der Waals surface area contributed by atoms with E-state index in [1.165, 1.54) is 13.2 Å². The molecule has 1 aliphatic heterocycles. The highest BCUT2D eigenvalue weighted by atomic mass is 79.9. The number of nitrogens with zero attached hydrogens (tertiary/aromatic N) is 1. The zero-order valence-corrected chi connectivity index (χ0v) is 16.2. The Balaban J connectivity index is 1.69. The maximum absolute atomic E-state index is 12.9. The molecule has 2 heterocycles. The molecule has 2 N–H and O–H groups in total. The predicted molar refractivity (Wildman–Crippen MR) is 104 cm³/mol. The highest BCUT2D eigenvalue weighted by molar-refractivity contribution is 9.10. The maximum atomic E-state index is 12.9. The van der Waals surface area contributed by atoms with Crippen molar-refractivity contribution in [3.63, 3.8) is 0 Å². The summed E-state index contributed by atoms with van der Waals surface area (Å²) in [5.41, 5.74) is 3.73. The van der Waals surface area contributed by atoms with E-state index >= 15 is 0 Å². The molecule has 0 saturated heterocycles. The van der Waals surface area contributed by atoms with Gasteiger partial charge in [0, 0.05) is 46.1 Å². The van der Waals surface area contributed by atoms with Crippen LogP contribution in [-0.4, -0.2) is 40.5 Å². The average Bonchev–Trinajstić information content (AvgIpc) is 3.04. The van der Waals surface area contributed by atoms with Gasteiger partial charge in [0.2, 0.25) is 0 Å². The highest BCUT2D eigenvalue weighted by Gasteiger charge is 2.26. The van der Waals surface area contributed by atoms with Gasteiger partial charge in [-0.15, -0.1) is 0 Å². The lowest BCUT2D eigenvalue weighted by atomic mass is 10.0. The number of amides is 1. The van der Waals surface area contributed by atoms with Crippen molar-refractivity contribution in [1.82, 2.24) is 9.88 Å². The molecular formula is C20H17BrN2O4. The van der Waals surface area contributed by atoms with Gasteiger partial charge in [-0.2, -0.15) is 0 Å². The third-order valence-corrected chi connectivity index (χ3v) is 5.37. The van der Waals surface area contributed by atoms with Crippen LogP contribution in [0.1, 0.15) is 32.0 Å². The van der Waals surface area contributed by atoms with E-state index in [1.807, 2.05) is 6.07 Å². The molecule has 0 saturated carbocycles. The molecule has 2 aromatic carbocycles. The number of carbonyl (C=O) groups is 2. The number of aromatic hydroxyl groups is 1. The zero-order valence-electron chi connectivity index (χ0n) is 14.6. The van der Waals surface area contributed by atoms with Gasteiger partial charge in [0.15, 0.2) is 0 Å². The van der Waals surface area contributed by atoms with Crippen LogP contribution in [0.2, 0.25) is 0 Å². The summed E-state index contributed by atoms with van der Waals surface area (Å²) in [7, 11) is 1.35. The molecule has 0 spiro atoms. The molecule has 4 rings (SSSR count). The molecule has 1 aliphatic rings. The summed E-state index contributed by atoms with van der Waals surface area (Å²) in [5.74, 6) is -0.661. The molecule has 1 aromatic heterocycles. The van der Waals surface area contributed by atoms with E-state index in [9.17, 15) is 14.7 Å². The van der Waals surface area contributed by atoms with Crippen LogP contribution in [0.4, 0.5) is 0 Å². The van der Waals surface area contributed by atoms with E-state index in [4.69, 9.17) is 4.74 Å². The number of benzene rings is 2. The Hall–Kier alpha value is -2.80. The van der Waals surface area contributed by atoms with Crippen molar-refractivity contribution in [2.45, 2.75) is 13.0 Å². The second kappa shape index (κ2) is 6.74. The predicted octanol–water partition coefficient (Wildman–Crippen LogP) is 3.62. The standard InChI is InChI=1S/C20H17BrN2O4/c1-27-20(26)11-2-5-16-14(8-11)15-10-23(7-6-17(15)22-16)19(25)13-4-3-12(21)9-18(13)24/h2-5,8-9,22,24H,6-7,10H2,1H3. The number of aromatic amines is 1. The number of esters is 1. The molecular weight excluding hydrogens is 412 g/mol. The van der Waals surface area contributed by atoms with Gasteiger partial charge in [-0.1, -0.05) is 15.9 Å². The fourth-order valence-electron chi connectivity index (χ4n) is 3.49. The normalized spacial score (nSPS) is 13.5. The van der Waals surface area contributed by atoms with E-state index in [1.54, 1.807) is 29.2 Å². The molecule has 7 heteroatoms. The topological polar surface area (TPSA) is 82.6 Å². The fraction of sp³-hybridized carbons (Fsp3) is 0.200. The van der Waals surface area contributed by atoms with Crippen molar-refractivity contribution in [3.05, 3.63) is 63.3 Å². The molecule has 0 bridgehead atoms. The van der Waals surface area contributed by atoms with Gasteiger partial charge >= 0.3 is 5.97 Å². The first-order valence-electron chi connectivity index (χ1n) is 8.47. The zero-order chi connectivity index (χ0) is 19.1. The van der Waals surface area contributed by atoms with Crippen LogP contribution in [0, 0.1) is 0 Å². The summed E-state index contributed by atoms with van der Waals surface area (Å²) in [6.45, 7) is 0.965. The molecule has 0 atom stereocenters. The quantitative estimate of drug-likeness (QED) is 0.610. The van der Waals surface area contributed by atoms with Crippen molar-refractivity contribution in [3.8, 4) is 5.75 Å². The minimum absolute atomic E-state index is 0.0490. The number of H-pyrrole nitrogens is 1. The molecule has 138 valence electrons. The van der Waals surface area contributed by atoms with E-state index in [-0.39, 0.29) is 17.2 Å². The Labute approximate surface area is 163 Å². The lowest BCUT2D eigenvalue weighted by molar-refractivity contribution is 0.0600. The van der Waals surface area contributed by atoms with Gasteiger partial charge in [0.25, 0.3) is 5.91 Å². The molecule has 27 heavy (non-hydrogen) atoms. The van der Waals surface area contributed by atoms with Crippen LogP contribution in [-0.2, 0) is 17.7 Å². The monoisotopic (exact) mass is 428 g/mol. The average molecular weight is 429 g/mol. The number of aromatic nitrogens is 1. The number of rotatable bonds is 2. The van der Waals surface area contributed by atoms with Crippen molar-refractivity contribution in [2.75, 3.05) is 13.7 Å². The smallest absolute Gasteiger partial charge is 0.337 e. The van der Waals surface area contributed by atoms with Gasteiger partial charge in [-0.3, -0.25) is 4.79 Å². The summed E-state index contributed by atoms with van der Waals surface area (Å²) >= 11 is 3.28. The Morgan fingerprint density at radius 2 is 2.04 bits per heavy atom. The summed E-state index contributed by atoms with van der Waals surface area (Å²) in [4.78, 5) is 29.8. The third-order valence-electron chi connectivity index (χ3n) is 4.87. The Bertz CT molecular complexity index is 1070. The van der Waals surface area contributed by atoms with Crippen molar-refractivity contribution in [1.29, 1.82) is 0 Å². The molecule has 3 aromatic rings. The van der Waals surface area contributed by atoms with Crippen LogP contribution in [0.5, 0.6) is 5.75 Å². The van der Waals surface area contributed by atoms with Gasteiger partial charge in [0.1, 0.15) is 5.75 Å². The van der Waals surface area contributed by atoms with E-state index < -0.39 is 5.97 Å². The number of phenolic OH excluding ortho intramolecular Hbond substituents is 1. The van der Waals surface area contributed by atoms with Gasteiger partial charge in [-0.05, 0) is 36.4 Å². The molecule has 6 nitrogen and oxygen atoms in total. The number of methoxy groups -OCH3 is 1. The van der Waals surface area contributed by atoms with Crippen LogP contribution in [0.25, 0.3) is 10.9 Å². The van der Waals surface area contributed by atoms with Crippen LogP contribution in [0.15, 0.2) is 40.9 Å². The Morgan fingerprint density at radius 3 is 2.78 bits per heavy atom. The maximum Gasteiger partial charge on any atom is 0.337 e. The molecule has 0 fully saturated rings.